The number of ether oxygens (including phenoxy) is 2. The summed E-state index contributed by atoms with van der Waals surface area (Å²) in [7, 11) is 0. The fourth-order valence-corrected chi connectivity index (χ4v) is 1.97. The highest BCUT2D eigenvalue weighted by Crippen LogP contribution is 2.35. The zero-order chi connectivity index (χ0) is 16.2. The first-order valence-electron chi connectivity index (χ1n) is 6.68. The summed E-state index contributed by atoms with van der Waals surface area (Å²) < 4.78 is 47.8. The molecule has 0 amide bonds. The number of nitrogens with zero attached hydrogens (tertiary/aromatic N) is 2. The number of hydrogen-bond acceptors (Lipinski definition) is 4. The molecule has 0 fully saturated rings. The molecule has 0 radical (unpaired) electrons. The van der Waals surface area contributed by atoms with Crippen molar-refractivity contribution in [1.82, 2.24) is 9.78 Å². The summed E-state index contributed by atoms with van der Waals surface area (Å²) in [6.45, 7) is 3.06. The van der Waals surface area contributed by atoms with Crippen molar-refractivity contribution in [3.05, 3.63) is 30.6 Å². The number of aromatic nitrogens is 2. The lowest BCUT2D eigenvalue weighted by Gasteiger charge is -2.13. The molecular formula is C14H16F3N3O2. The van der Waals surface area contributed by atoms with Crippen LogP contribution in [0.2, 0.25) is 0 Å². The largest absolute Gasteiger partial charge is 0.573 e. The van der Waals surface area contributed by atoms with Crippen LogP contribution in [0, 0.1) is 0 Å². The van der Waals surface area contributed by atoms with Crippen LogP contribution in [-0.4, -0.2) is 29.3 Å². The summed E-state index contributed by atoms with van der Waals surface area (Å²) in [6, 6.07) is 3.97. The predicted octanol–water partition coefficient (Wildman–Crippen LogP) is 2.81. The van der Waals surface area contributed by atoms with Crippen LogP contribution in [0.15, 0.2) is 30.6 Å². The van der Waals surface area contributed by atoms with Crippen molar-refractivity contribution in [3.63, 3.8) is 0 Å². The quantitative estimate of drug-likeness (QED) is 0.890. The summed E-state index contributed by atoms with van der Waals surface area (Å²) in [5, 5.41) is 4.14. The maximum Gasteiger partial charge on any atom is 0.573 e. The fourth-order valence-electron chi connectivity index (χ4n) is 1.97. The van der Waals surface area contributed by atoms with Gasteiger partial charge in [-0.2, -0.15) is 5.10 Å². The lowest BCUT2D eigenvalue weighted by molar-refractivity contribution is -0.274. The van der Waals surface area contributed by atoms with Gasteiger partial charge in [0.25, 0.3) is 0 Å². The highest BCUT2D eigenvalue weighted by Gasteiger charge is 2.31. The van der Waals surface area contributed by atoms with E-state index in [4.69, 9.17) is 10.5 Å². The van der Waals surface area contributed by atoms with Crippen molar-refractivity contribution in [1.29, 1.82) is 0 Å². The third-order valence-electron chi connectivity index (χ3n) is 2.79. The maximum atomic E-state index is 12.3. The molecule has 2 N–H and O–H groups in total. The Morgan fingerprint density at radius 1 is 1.32 bits per heavy atom. The number of halogens is 3. The average molecular weight is 315 g/mol. The van der Waals surface area contributed by atoms with Gasteiger partial charge in [0.2, 0.25) is 0 Å². The van der Waals surface area contributed by atoms with Crippen molar-refractivity contribution < 1.29 is 22.6 Å². The molecule has 0 spiro atoms. The van der Waals surface area contributed by atoms with Crippen molar-refractivity contribution in [2.24, 2.45) is 5.73 Å². The van der Waals surface area contributed by atoms with Gasteiger partial charge in [-0.15, -0.1) is 13.2 Å². The molecule has 120 valence electrons. The highest BCUT2D eigenvalue weighted by molar-refractivity contribution is 5.70. The van der Waals surface area contributed by atoms with Crippen molar-refractivity contribution in [3.8, 4) is 22.6 Å². The fraction of sp³-hybridized carbons (Fsp3) is 0.357. The Morgan fingerprint density at radius 2 is 2.09 bits per heavy atom. The molecule has 5 nitrogen and oxygen atoms in total. The molecule has 2 rings (SSSR count). The van der Waals surface area contributed by atoms with E-state index in [1.165, 1.54) is 18.2 Å². The van der Waals surface area contributed by atoms with Gasteiger partial charge >= 0.3 is 6.36 Å². The molecule has 1 aromatic carbocycles. The Hall–Kier alpha value is -2.22. The molecule has 1 aromatic heterocycles. The minimum Gasteiger partial charge on any atom is -0.493 e. The molecule has 0 saturated carbocycles. The van der Waals surface area contributed by atoms with E-state index in [9.17, 15) is 13.2 Å². The third kappa shape index (κ3) is 4.14. The van der Waals surface area contributed by atoms with Gasteiger partial charge in [0.15, 0.2) is 0 Å². The van der Waals surface area contributed by atoms with E-state index in [2.05, 4.69) is 9.84 Å². The van der Waals surface area contributed by atoms with Gasteiger partial charge in [-0.05, 0) is 19.1 Å². The highest BCUT2D eigenvalue weighted by atomic mass is 19.4. The predicted molar refractivity (Wildman–Crippen MR) is 74.6 cm³/mol. The molecule has 0 aliphatic heterocycles. The summed E-state index contributed by atoms with van der Waals surface area (Å²) in [5.41, 5.74) is 6.83. The van der Waals surface area contributed by atoms with E-state index in [-0.39, 0.29) is 5.75 Å². The lowest BCUT2D eigenvalue weighted by Crippen LogP contribution is -2.17. The van der Waals surface area contributed by atoms with Crippen LogP contribution < -0.4 is 15.2 Å². The van der Waals surface area contributed by atoms with Crippen LogP contribution in [0.25, 0.3) is 11.1 Å². The summed E-state index contributed by atoms with van der Waals surface area (Å²) in [4.78, 5) is 0. The van der Waals surface area contributed by atoms with Crippen LogP contribution in [0.1, 0.15) is 6.92 Å². The molecule has 0 aliphatic rings. The van der Waals surface area contributed by atoms with Crippen molar-refractivity contribution >= 4 is 0 Å². The smallest absolute Gasteiger partial charge is 0.493 e. The summed E-state index contributed by atoms with van der Waals surface area (Å²) in [6.07, 6.45) is -1.37. The first-order valence-corrected chi connectivity index (χ1v) is 6.68. The first kappa shape index (κ1) is 16.2. The number of alkyl halides is 3. The van der Waals surface area contributed by atoms with Crippen LogP contribution in [0.5, 0.6) is 11.5 Å². The van der Waals surface area contributed by atoms with Crippen molar-refractivity contribution in [2.45, 2.75) is 19.8 Å². The van der Waals surface area contributed by atoms with Crippen LogP contribution in [0.3, 0.4) is 0 Å². The van der Waals surface area contributed by atoms with Gasteiger partial charge in [-0.1, -0.05) is 0 Å². The monoisotopic (exact) mass is 315 g/mol. The van der Waals surface area contributed by atoms with E-state index < -0.39 is 6.36 Å². The van der Waals surface area contributed by atoms with Gasteiger partial charge in [0, 0.05) is 29.9 Å². The second kappa shape index (κ2) is 6.69. The van der Waals surface area contributed by atoms with E-state index in [1.807, 2.05) is 0 Å². The normalized spacial score (nSPS) is 11.5. The molecular weight excluding hydrogens is 299 g/mol. The zero-order valence-corrected chi connectivity index (χ0v) is 11.9. The molecule has 2 aromatic rings. The topological polar surface area (TPSA) is 62.3 Å². The lowest BCUT2D eigenvalue weighted by atomic mass is 10.1. The molecule has 1 heterocycles. The maximum absolute atomic E-state index is 12.3. The second-order valence-electron chi connectivity index (χ2n) is 4.42. The van der Waals surface area contributed by atoms with E-state index >= 15 is 0 Å². The standard InChI is InChI=1S/C14H16F3N3O2/c1-2-21-13-7-11(22-14(15,16)17)3-4-12(13)10-8-19-20(9-10)6-5-18/h3-4,7-9H,2,5-6,18H2,1H3. The minimum atomic E-state index is -4.74. The Kier molecular flexibility index (Phi) is 4.92. The van der Waals surface area contributed by atoms with Gasteiger partial charge in [0.1, 0.15) is 11.5 Å². The molecule has 0 saturated heterocycles. The Labute approximate surface area is 125 Å². The summed E-state index contributed by atoms with van der Waals surface area (Å²) >= 11 is 0. The molecule has 0 unspecified atom stereocenters. The minimum absolute atomic E-state index is 0.302. The first-order chi connectivity index (χ1) is 10.4. The van der Waals surface area contributed by atoms with Crippen LogP contribution in [-0.2, 0) is 6.54 Å². The Balaban J connectivity index is 2.33. The van der Waals surface area contributed by atoms with Crippen LogP contribution >= 0.6 is 0 Å². The van der Waals surface area contributed by atoms with Gasteiger partial charge in [-0.3, -0.25) is 4.68 Å². The average Bonchev–Trinajstić information content (AvgIpc) is 2.86. The third-order valence-corrected chi connectivity index (χ3v) is 2.79. The molecule has 8 heteroatoms. The molecule has 22 heavy (non-hydrogen) atoms. The SMILES string of the molecule is CCOc1cc(OC(F)(F)F)ccc1-c1cnn(CCN)c1. The molecule has 0 bridgehead atoms. The Bertz CT molecular complexity index is 626. The number of hydrogen-bond donors (Lipinski definition) is 1. The summed E-state index contributed by atoms with van der Waals surface area (Å²) in [5.74, 6) is -0.0226. The number of nitrogens with two attached hydrogens (primary N) is 1. The van der Waals surface area contributed by atoms with Gasteiger partial charge in [0.05, 0.1) is 19.3 Å². The van der Waals surface area contributed by atoms with Gasteiger partial charge < -0.3 is 15.2 Å². The van der Waals surface area contributed by atoms with E-state index in [0.29, 0.717) is 31.0 Å². The van der Waals surface area contributed by atoms with Crippen molar-refractivity contribution in [2.75, 3.05) is 13.2 Å². The molecule has 0 aliphatic carbocycles. The van der Waals surface area contributed by atoms with E-state index in [0.717, 1.165) is 5.56 Å². The number of rotatable bonds is 6. The van der Waals surface area contributed by atoms with Crippen LogP contribution in [0.4, 0.5) is 13.2 Å². The zero-order valence-electron chi connectivity index (χ0n) is 11.9. The van der Waals surface area contributed by atoms with Gasteiger partial charge in [-0.25, -0.2) is 0 Å². The Morgan fingerprint density at radius 3 is 2.73 bits per heavy atom. The number of benzene rings is 1. The van der Waals surface area contributed by atoms with E-state index in [1.54, 1.807) is 24.0 Å². The second-order valence-corrected chi connectivity index (χ2v) is 4.42. The molecule has 0 atom stereocenters.